The summed E-state index contributed by atoms with van der Waals surface area (Å²) in [6.07, 6.45) is 4.46. The first-order valence-corrected chi connectivity index (χ1v) is 5.69. The standard InChI is InChI=1S/C12H17N5/c1-4-10-9(7-8(2)15-16-10)11(13)12-14-5-6-17(12)3/h5-7,11H,4,13H2,1-3H3. The Morgan fingerprint density at radius 3 is 2.76 bits per heavy atom. The molecule has 2 aromatic rings. The number of imidazole rings is 1. The predicted molar refractivity (Wildman–Crippen MR) is 65.4 cm³/mol. The maximum absolute atomic E-state index is 6.26. The van der Waals surface area contributed by atoms with Gasteiger partial charge in [0, 0.05) is 25.0 Å². The summed E-state index contributed by atoms with van der Waals surface area (Å²) in [4.78, 5) is 4.29. The SMILES string of the molecule is CCc1nnc(C)cc1C(N)c1nccn1C. The minimum Gasteiger partial charge on any atom is -0.336 e. The van der Waals surface area contributed by atoms with Gasteiger partial charge in [0.1, 0.15) is 5.82 Å². The fourth-order valence-electron chi connectivity index (χ4n) is 1.89. The van der Waals surface area contributed by atoms with Crippen molar-refractivity contribution in [1.29, 1.82) is 0 Å². The topological polar surface area (TPSA) is 69.6 Å². The van der Waals surface area contributed by atoms with Crippen LogP contribution in [0.25, 0.3) is 0 Å². The number of aromatic nitrogens is 4. The Kier molecular flexibility index (Phi) is 3.19. The molecule has 0 aliphatic carbocycles. The van der Waals surface area contributed by atoms with Crippen molar-refractivity contribution in [2.45, 2.75) is 26.3 Å². The van der Waals surface area contributed by atoms with Crippen LogP contribution in [0.2, 0.25) is 0 Å². The minimum absolute atomic E-state index is 0.251. The smallest absolute Gasteiger partial charge is 0.130 e. The normalized spacial score (nSPS) is 12.7. The molecule has 2 aromatic heterocycles. The van der Waals surface area contributed by atoms with Gasteiger partial charge in [-0.25, -0.2) is 4.98 Å². The monoisotopic (exact) mass is 231 g/mol. The predicted octanol–water partition coefficient (Wildman–Crippen LogP) is 1.13. The van der Waals surface area contributed by atoms with Crippen LogP contribution in [0.5, 0.6) is 0 Å². The summed E-state index contributed by atoms with van der Waals surface area (Å²) in [5.41, 5.74) is 9.08. The first-order valence-electron chi connectivity index (χ1n) is 5.69. The van der Waals surface area contributed by atoms with E-state index in [2.05, 4.69) is 15.2 Å². The Morgan fingerprint density at radius 1 is 1.41 bits per heavy atom. The van der Waals surface area contributed by atoms with Crippen LogP contribution in [0.1, 0.15) is 35.7 Å². The van der Waals surface area contributed by atoms with Crippen molar-refractivity contribution in [3.05, 3.63) is 41.2 Å². The zero-order valence-corrected chi connectivity index (χ0v) is 10.4. The molecule has 2 heterocycles. The Balaban J connectivity index is 2.46. The Morgan fingerprint density at radius 2 is 2.18 bits per heavy atom. The molecule has 0 aliphatic heterocycles. The fraction of sp³-hybridized carbons (Fsp3) is 0.417. The van der Waals surface area contributed by atoms with Crippen LogP contribution in [0, 0.1) is 6.92 Å². The van der Waals surface area contributed by atoms with Gasteiger partial charge in [0.2, 0.25) is 0 Å². The van der Waals surface area contributed by atoms with Crippen LogP contribution >= 0.6 is 0 Å². The van der Waals surface area contributed by atoms with Gasteiger partial charge in [0.15, 0.2) is 0 Å². The lowest BCUT2D eigenvalue weighted by molar-refractivity contribution is 0.696. The molecule has 17 heavy (non-hydrogen) atoms. The number of hydrogen-bond acceptors (Lipinski definition) is 4. The lowest BCUT2D eigenvalue weighted by atomic mass is 10.0. The van der Waals surface area contributed by atoms with Crippen molar-refractivity contribution in [3.8, 4) is 0 Å². The summed E-state index contributed by atoms with van der Waals surface area (Å²) in [7, 11) is 1.94. The second-order valence-corrected chi connectivity index (χ2v) is 4.12. The molecular formula is C12H17N5. The van der Waals surface area contributed by atoms with E-state index >= 15 is 0 Å². The van der Waals surface area contributed by atoms with E-state index < -0.39 is 0 Å². The maximum Gasteiger partial charge on any atom is 0.130 e. The molecule has 0 spiro atoms. The van der Waals surface area contributed by atoms with E-state index in [1.807, 2.05) is 37.7 Å². The summed E-state index contributed by atoms with van der Waals surface area (Å²) in [6.45, 7) is 3.97. The van der Waals surface area contributed by atoms with E-state index in [-0.39, 0.29) is 6.04 Å². The van der Waals surface area contributed by atoms with E-state index in [0.717, 1.165) is 29.2 Å². The van der Waals surface area contributed by atoms with Gasteiger partial charge in [0.25, 0.3) is 0 Å². The molecular weight excluding hydrogens is 214 g/mol. The van der Waals surface area contributed by atoms with Gasteiger partial charge in [-0.3, -0.25) is 0 Å². The van der Waals surface area contributed by atoms with Gasteiger partial charge in [-0.1, -0.05) is 6.92 Å². The number of rotatable bonds is 3. The molecule has 0 fully saturated rings. The average molecular weight is 231 g/mol. The highest BCUT2D eigenvalue weighted by Crippen LogP contribution is 2.20. The molecule has 5 heteroatoms. The van der Waals surface area contributed by atoms with E-state index in [1.54, 1.807) is 6.20 Å². The molecule has 1 unspecified atom stereocenters. The summed E-state index contributed by atoms with van der Waals surface area (Å²) >= 11 is 0. The van der Waals surface area contributed by atoms with E-state index in [0.29, 0.717) is 0 Å². The number of hydrogen-bond donors (Lipinski definition) is 1. The molecule has 0 aliphatic rings. The summed E-state index contributed by atoms with van der Waals surface area (Å²) in [6, 6.07) is 1.74. The molecule has 0 amide bonds. The third kappa shape index (κ3) is 2.19. The highest BCUT2D eigenvalue weighted by molar-refractivity contribution is 5.29. The Labute approximate surface area is 101 Å². The molecule has 0 aromatic carbocycles. The van der Waals surface area contributed by atoms with Crippen LogP contribution in [0.3, 0.4) is 0 Å². The van der Waals surface area contributed by atoms with Gasteiger partial charge in [-0.2, -0.15) is 10.2 Å². The van der Waals surface area contributed by atoms with Gasteiger partial charge in [-0.15, -0.1) is 0 Å². The van der Waals surface area contributed by atoms with Gasteiger partial charge in [-0.05, 0) is 19.4 Å². The zero-order valence-electron chi connectivity index (χ0n) is 10.4. The van der Waals surface area contributed by atoms with Gasteiger partial charge >= 0.3 is 0 Å². The van der Waals surface area contributed by atoms with Crippen molar-refractivity contribution >= 4 is 0 Å². The highest BCUT2D eigenvalue weighted by Gasteiger charge is 2.17. The van der Waals surface area contributed by atoms with Crippen molar-refractivity contribution in [2.24, 2.45) is 12.8 Å². The van der Waals surface area contributed by atoms with E-state index in [9.17, 15) is 0 Å². The van der Waals surface area contributed by atoms with Crippen LogP contribution in [0.4, 0.5) is 0 Å². The van der Waals surface area contributed by atoms with Crippen molar-refractivity contribution in [1.82, 2.24) is 19.7 Å². The average Bonchev–Trinajstić information content (AvgIpc) is 2.74. The minimum atomic E-state index is -0.251. The van der Waals surface area contributed by atoms with Crippen molar-refractivity contribution < 1.29 is 0 Å². The Hall–Kier alpha value is -1.75. The van der Waals surface area contributed by atoms with Gasteiger partial charge in [0.05, 0.1) is 17.4 Å². The maximum atomic E-state index is 6.26. The molecule has 0 bridgehead atoms. The third-order valence-electron chi connectivity index (χ3n) is 2.83. The van der Waals surface area contributed by atoms with Crippen LogP contribution in [0.15, 0.2) is 18.5 Å². The van der Waals surface area contributed by atoms with Crippen LogP contribution < -0.4 is 5.73 Å². The first kappa shape index (κ1) is 11.7. The first-order chi connectivity index (χ1) is 8.13. The summed E-state index contributed by atoms with van der Waals surface area (Å²) in [5, 5.41) is 8.25. The lowest BCUT2D eigenvalue weighted by Gasteiger charge is -2.15. The van der Waals surface area contributed by atoms with Gasteiger partial charge < -0.3 is 10.3 Å². The lowest BCUT2D eigenvalue weighted by Crippen LogP contribution is -2.19. The Bertz CT molecular complexity index is 517. The van der Waals surface area contributed by atoms with E-state index in [1.165, 1.54) is 0 Å². The highest BCUT2D eigenvalue weighted by atomic mass is 15.1. The molecule has 2 N–H and O–H groups in total. The third-order valence-corrected chi connectivity index (χ3v) is 2.83. The van der Waals surface area contributed by atoms with Crippen LogP contribution in [-0.2, 0) is 13.5 Å². The largest absolute Gasteiger partial charge is 0.336 e. The summed E-state index contributed by atoms with van der Waals surface area (Å²) < 4.78 is 1.93. The molecule has 5 nitrogen and oxygen atoms in total. The van der Waals surface area contributed by atoms with Crippen molar-refractivity contribution in [2.75, 3.05) is 0 Å². The molecule has 90 valence electrons. The second kappa shape index (κ2) is 4.63. The second-order valence-electron chi connectivity index (χ2n) is 4.12. The summed E-state index contributed by atoms with van der Waals surface area (Å²) in [5.74, 6) is 0.840. The molecule has 1 atom stereocenters. The molecule has 0 saturated carbocycles. The van der Waals surface area contributed by atoms with Crippen LogP contribution in [-0.4, -0.2) is 19.7 Å². The van der Waals surface area contributed by atoms with E-state index in [4.69, 9.17) is 5.73 Å². The number of nitrogens with zero attached hydrogens (tertiary/aromatic N) is 4. The molecule has 0 radical (unpaired) electrons. The molecule has 0 saturated heterocycles. The quantitative estimate of drug-likeness (QED) is 0.859. The number of aryl methyl sites for hydroxylation is 3. The molecule has 2 rings (SSSR count). The fourth-order valence-corrected chi connectivity index (χ4v) is 1.89. The zero-order chi connectivity index (χ0) is 12.4. The van der Waals surface area contributed by atoms with Crippen molar-refractivity contribution in [3.63, 3.8) is 0 Å². The number of nitrogens with two attached hydrogens (primary N) is 1.